The molecule has 0 bridgehead atoms. The smallest absolute Gasteiger partial charge is 0.280 e. The van der Waals surface area contributed by atoms with Crippen molar-refractivity contribution in [3.05, 3.63) is 33.9 Å². The topological polar surface area (TPSA) is 36.1 Å². The van der Waals surface area contributed by atoms with Gasteiger partial charge >= 0.3 is 0 Å². The zero-order chi connectivity index (χ0) is 14.6. The van der Waals surface area contributed by atoms with Crippen molar-refractivity contribution in [2.24, 2.45) is 5.41 Å². The van der Waals surface area contributed by atoms with E-state index in [0.717, 1.165) is 23.2 Å². The number of nitrogens with zero attached hydrogens (tertiary/aromatic N) is 1. The third-order valence-corrected chi connectivity index (χ3v) is 6.72. The molecule has 1 amide bonds. The Morgan fingerprint density at radius 3 is 2.81 bits per heavy atom. The highest BCUT2D eigenvalue weighted by atomic mass is 35.5. The molecule has 2 aliphatic rings. The second kappa shape index (κ2) is 4.83. The van der Waals surface area contributed by atoms with Crippen LogP contribution in [0.3, 0.4) is 0 Å². The lowest BCUT2D eigenvalue weighted by molar-refractivity contribution is 0.0795. The molecule has 6 heteroatoms. The van der Waals surface area contributed by atoms with Crippen LogP contribution in [0.5, 0.6) is 0 Å². The number of H-pyrrole nitrogens is 1. The molecular weight excluding hydrogens is 327 g/mol. The highest BCUT2D eigenvalue weighted by molar-refractivity contribution is 7.97. The summed E-state index contributed by atoms with van der Waals surface area (Å²) in [4.78, 5) is 15.8. The molecule has 0 unspecified atom stereocenters. The normalized spacial score (nSPS) is 20.2. The molecule has 2 heterocycles. The van der Waals surface area contributed by atoms with E-state index < -0.39 is 0 Å². The first-order chi connectivity index (χ1) is 10.1. The molecule has 1 spiro atoms. The molecule has 0 radical (unpaired) electrons. The summed E-state index contributed by atoms with van der Waals surface area (Å²) in [6, 6.07) is 5.48. The highest BCUT2D eigenvalue weighted by Gasteiger charge is 2.45. The zero-order valence-corrected chi connectivity index (χ0v) is 13.6. The van der Waals surface area contributed by atoms with E-state index in [4.69, 9.17) is 23.2 Å². The number of amides is 1. The Morgan fingerprint density at radius 1 is 1.33 bits per heavy atom. The van der Waals surface area contributed by atoms with Gasteiger partial charge in [0.2, 0.25) is 0 Å². The Morgan fingerprint density at radius 2 is 2.14 bits per heavy atom. The van der Waals surface area contributed by atoms with Gasteiger partial charge in [0.15, 0.2) is 0 Å². The van der Waals surface area contributed by atoms with Crippen LogP contribution in [0.4, 0.5) is 0 Å². The first-order valence-electron chi connectivity index (χ1n) is 7.00. The van der Waals surface area contributed by atoms with Crippen molar-refractivity contribution in [1.29, 1.82) is 0 Å². The summed E-state index contributed by atoms with van der Waals surface area (Å²) in [7, 11) is 0. The summed E-state index contributed by atoms with van der Waals surface area (Å²) in [5.74, 6) is 1.10. The average Bonchev–Trinajstić information content (AvgIpc) is 3.06. The van der Waals surface area contributed by atoms with Gasteiger partial charge < -0.3 is 4.98 Å². The van der Waals surface area contributed by atoms with Crippen molar-refractivity contribution in [2.45, 2.75) is 19.3 Å². The number of fused-ring (bicyclic) bond motifs is 1. The van der Waals surface area contributed by atoms with E-state index in [2.05, 4.69) is 4.98 Å². The van der Waals surface area contributed by atoms with Gasteiger partial charge in [-0.2, -0.15) is 0 Å². The molecule has 1 aromatic heterocycles. The summed E-state index contributed by atoms with van der Waals surface area (Å²) in [5.41, 5.74) is 1.70. The summed E-state index contributed by atoms with van der Waals surface area (Å²) in [6.07, 6.45) is 3.79. The van der Waals surface area contributed by atoms with Crippen LogP contribution >= 0.6 is 35.1 Å². The predicted molar refractivity (Wildman–Crippen MR) is 88.1 cm³/mol. The lowest BCUT2D eigenvalue weighted by Gasteiger charge is -2.36. The van der Waals surface area contributed by atoms with Gasteiger partial charge in [0.25, 0.3) is 5.91 Å². The minimum Gasteiger partial charge on any atom is -0.349 e. The summed E-state index contributed by atoms with van der Waals surface area (Å²) >= 11 is 13.9. The molecule has 1 saturated heterocycles. The van der Waals surface area contributed by atoms with E-state index in [9.17, 15) is 4.79 Å². The van der Waals surface area contributed by atoms with E-state index in [1.54, 1.807) is 18.0 Å². The van der Waals surface area contributed by atoms with Gasteiger partial charge in [-0.25, -0.2) is 0 Å². The summed E-state index contributed by atoms with van der Waals surface area (Å²) in [6.45, 7) is 0.861. The van der Waals surface area contributed by atoms with Gasteiger partial charge in [-0.3, -0.25) is 9.10 Å². The molecule has 1 aromatic carbocycles. The summed E-state index contributed by atoms with van der Waals surface area (Å²) in [5, 5.41) is 1.88. The number of hydrogen-bond acceptors (Lipinski definition) is 2. The fourth-order valence-electron chi connectivity index (χ4n) is 3.11. The maximum absolute atomic E-state index is 12.6. The van der Waals surface area contributed by atoms with E-state index >= 15 is 0 Å². The van der Waals surface area contributed by atoms with E-state index in [1.165, 1.54) is 19.3 Å². The second-order valence-electron chi connectivity index (χ2n) is 5.98. The number of halogens is 2. The predicted octanol–water partition coefficient (Wildman–Crippen LogP) is 4.75. The van der Waals surface area contributed by atoms with Crippen molar-refractivity contribution < 1.29 is 4.79 Å². The van der Waals surface area contributed by atoms with Crippen molar-refractivity contribution in [2.75, 3.05) is 12.3 Å². The molecule has 1 aliphatic carbocycles. The Hall–Kier alpha value is -0.840. The van der Waals surface area contributed by atoms with Crippen LogP contribution in [0.1, 0.15) is 29.8 Å². The Kier molecular flexibility index (Phi) is 3.18. The van der Waals surface area contributed by atoms with E-state index in [1.807, 2.05) is 16.4 Å². The van der Waals surface area contributed by atoms with E-state index in [0.29, 0.717) is 21.2 Å². The highest BCUT2D eigenvalue weighted by Crippen LogP contribution is 2.50. The first-order valence-corrected chi connectivity index (χ1v) is 8.69. The number of nitrogens with one attached hydrogen (secondary N) is 1. The molecule has 1 aliphatic heterocycles. The van der Waals surface area contributed by atoms with Gasteiger partial charge in [-0.1, -0.05) is 35.7 Å². The van der Waals surface area contributed by atoms with Crippen LogP contribution in [-0.2, 0) is 0 Å². The van der Waals surface area contributed by atoms with Crippen LogP contribution in [0, 0.1) is 5.41 Å². The van der Waals surface area contributed by atoms with Crippen LogP contribution < -0.4 is 0 Å². The number of carbonyl (C=O) groups excluding carboxylic acids is 1. The van der Waals surface area contributed by atoms with Crippen LogP contribution in [0.2, 0.25) is 10.0 Å². The standard InChI is InChI=1S/C15H14Cl2N2OS/c16-10-3-2-9-6-11(18-13(9)12(10)17)14(20)19-7-15(8-21-19)4-1-5-15/h2-3,6,18H,1,4-5,7-8H2. The fraction of sp³-hybridized carbons (Fsp3) is 0.400. The monoisotopic (exact) mass is 340 g/mol. The van der Waals surface area contributed by atoms with Crippen LogP contribution in [-0.4, -0.2) is 27.5 Å². The van der Waals surface area contributed by atoms with Gasteiger partial charge in [0, 0.05) is 17.7 Å². The maximum atomic E-state index is 12.6. The number of carbonyl (C=O) groups is 1. The molecular formula is C15H14Cl2N2OS. The number of rotatable bonds is 1. The Balaban J connectivity index is 1.64. The van der Waals surface area contributed by atoms with Crippen molar-refractivity contribution >= 4 is 52.0 Å². The summed E-state index contributed by atoms with van der Waals surface area (Å²) < 4.78 is 1.89. The lowest BCUT2D eigenvalue weighted by Crippen LogP contribution is -2.36. The molecule has 3 nitrogen and oxygen atoms in total. The van der Waals surface area contributed by atoms with Gasteiger partial charge in [0.1, 0.15) is 5.69 Å². The molecule has 2 fully saturated rings. The quantitative estimate of drug-likeness (QED) is 0.760. The number of hydrogen-bond donors (Lipinski definition) is 1. The molecule has 0 atom stereocenters. The third kappa shape index (κ3) is 2.16. The van der Waals surface area contributed by atoms with Crippen LogP contribution in [0.15, 0.2) is 18.2 Å². The Labute approximate surface area is 137 Å². The molecule has 1 N–H and O–H groups in total. The lowest BCUT2D eigenvalue weighted by atomic mass is 9.70. The fourth-order valence-corrected chi connectivity index (χ4v) is 4.88. The third-order valence-electron chi connectivity index (χ3n) is 4.56. The van der Waals surface area contributed by atoms with Crippen LogP contribution in [0.25, 0.3) is 10.9 Å². The molecule has 110 valence electrons. The molecule has 1 saturated carbocycles. The Bertz CT molecular complexity index is 739. The second-order valence-corrected chi connectivity index (χ2v) is 7.75. The zero-order valence-electron chi connectivity index (χ0n) is 11.3. The minimum atomic E-state index is 0.0344. The van der Waals surface area contributed by atoms with Crippen molar-refractivity contribution in [1.82, 2.24) is 9.29 Å². The number of aromatic amines is 1. The molecule has 4 rings (SSSR count). The maximum Gasteiger partial charge on any atom is 0.280 e. The molecule has 2 aromatic rings. The molecule has 21 heavy (non-hydrogen) atoms. The van der Waals surface area contributed by atoms with Gasteiger partial charge in [0.05, 0.1) is 15.6 Å². The van der Waals surface area contributed by atoms with Crippen molar-refractivity contribution in [3.63, 3.8) is 0 Å². The average molecular weight is 341 g/mol. The SMILES string of the molecule is O=C(c1cc2ccc(Cl)c(Cl)c2[nH]1)N1CC2(CCC2)CS1. The number of aromatic nitrogens is 1. The van der Waals surface area contributed by atoms with E-state index in [-0.39, 0.29) is 5.91 Å². The first kappa shape index (κ1) is 13.8. The van der Waals surface area contributed by atoms with Crippen molar-refractivity contribution in [3.8, 4) is 0 Å². The number of benzene rings is 1. The van der Waals surface area contributed by atoms with Gasteiger partial charge in [-0.05, 0) is 42.3 Å². The minimum absolute atomic E-state index is 0.0344. The van der Waals surface area contributed by atoms with Gasteiger partial charge in [-0.15, -0.1) is 0 Å². The largest absolute Gasteiger partial charge is 0.349 e.